The Morgan fingerprint density at radius 3 is 3.11 bits per heavy atom. The minimum Gasteiger partial charge on any atom is -0.360 e. The van der Waals surface area contributed by atoms with Crippen molar-refractivity contribution in [2.75, 3.05) is 5.32 Å². The third kappa shape index (κ3) is 2.91. The molecule has 92 valence electrons. The third-order valence-electron chi connectivity index (χ3n) is 2.10. The van der Waals surface area contributed by atoms with E-state index in [1.165, 1.54) is 11.0 Å². The summed E-state index contributed by atoms with van der Waals surface area (Å²) in [7, 11) is 0. The lowest BCUT2D eigenvalue weighted by molar-refractivity contribution is -0.116. The maximum atomic E-state index is 11.6. The van der Waals surface area contributed by atoms with Gasteiger partial charge in [0.1, 0.15) is 18.2 Å². The molecule has 0 spiro atoms. The van der Waals surface area contributed by atoms with Crippen LogP contribution in [0.15, 0.2) is 16.9 Å². The second-order valence-electron chi connectivity index (χ2n) is 3.56. The Hall–Kier alpha value is -2.69. The van der Waals surface area contributed by atoms with Crippen LogP contribution in [0.5, 0.6) is 0 Å². The maximum absolute atomic E-state index is 11.6. The first-order chi connectivity index (χ1) is 8.67. The lowest BCUT2D eigenvalue weighted by Gasteiger charge is -2.00. The van der Waals surface area contributed by atoms with Gasteiger partial charge < -0.3 is 9.84 Å². The Bertz CT molecular complexity index is 594. The predicted octanol–water partition coefficient (Wildman–Crippen LogP) is 0.475. The molecule has 0 atom stereocenters. The van der Waals surface area contributed by atoms with E-state index >= 15 is 0 Å². The van der Waals surface area contributed by atoms with Gasteiger partial charge in [-0.1, -0.05) is 5.16 Å². The molecule has 0 aliphatic carbocycles. The first-order valence-corrected chi connectivity index (χ1v) is 5.20. The van der Waals surface area contributed by atoms with Gasteiger partial charge in [0, 0.05) is 12.5 Å². The topological polar surface area (TPSA) is 110 Å². The molecular weight excluding hydrogens is 236 g/mol. The van der Waals surface area contributed by atoms with Crippen LogP contribution >= 0.6 is 0 Å². The molecule has 18 heavy (non-hydrogen) atoms. The van der Waals surface area contributed by atoms with Crippen LogP contribution in [0.25, 0.3) is 0 Å². The summed E-state index contributed by atoms with van der Waals surface area (Å²) in [5.41, 5.74) is 0. The Morgan fingerprint density at radius 1 is 1.67 bits per heavy atom. The largest absolute Gasteiger partial charge is 0.360 e. The van der Waals surface area contributed by atoms with Crippen molar-refractivity contribution < 1.29 is 9.32 Å². The zero-order chi connectivity index (χ0) is 13.0. The number of rotatable bonds is 4. The highest BCUT2D eigenvalue weighted by molar-refractivity contribution is 5.89. The van der Waals surface area contributed by atoms with E-state index in [0.29, 0.717) is 18.1 Å². The summed E-state index contributed by atoms with van der Waals surface area (Å²) in [4.78, 5) is 15.3. The van der Waals surface area contributed by atoms with Crippen molar-refractivity contribution >= 4 is 11.7 Å². The fourth-order valence-electron chi connectivity index (χ4n) is 1.30. The monoisotopic (exact) mass is 246 g/mol. The lowest BCUT2D eigenvalue weighted by Crippen LogP contribution is -2.14. The number of hydrogen-bond acceptors (Lipinski definition) is 6. The van der Waals surface area contributed by atoms with Gasteiger partial charge in [-0.3, -0.25) is 9.48 Å². The van der Waals surface area contributed by atoms with E-state index in [0.717, 1.165) is 0 Å². The molecule has 1 amide bonds. The number of aryl methyl sites for hydroxylation is 2. The molecule has 0 saturated heterocycles. The number of nitriles is 1. The summed E-state index contributed by atoms with van der Waals surface area (Å²) < 4.78 is 6.25. The summed E-state index contributed by atoms with van der Waals surface area (Å²) in [6.07, 6.45) is 1.62. The smallest absolute Gasteiger partial charge is 0.252 e. The molecule has 0 aromatic carbocycles. The molecule has 0 saturated carbocycles. The van der Waals surface area contributed by atoms with E-state index in [9.17, 15) is 4.79 Å². The number of aromatic nitrogens is 4. The van der Waals surface area contributed by atoms with Crippen LogP contribution in [0.3, 0.4) is 0 Å². The second kappa shape index (κ2) is 5.09. The van der Waals surface area contributed by atoms with E-state index in [1.807, 2.05) is 6.07 Å². The van der Waals surface area contributed by atoms with Crippen LogP contribution in [0.1, 0.15) is 18.0 Å². The Kier molecular flexibility index (Phi) is 3.33. The number of hydrogen-bond donors (Lipinski definition) is 1. The number of nitrogens with zero attached hydrogens (tertiary/aromatic N) is 5. The van der Waals surface area contributed by atoms with Gasteiger partial charge in [-0.15, -0.1) is 5.10 Å². The Morgan fingerprint density at radius 2 is 2.50 bits per heavy atom. The third-order valence-corrected chi connectivity index (χ3v) is 2.10. The van der Waals surface area contributed by atoms with Crippen LogP contribution in [-0.2, 0) is 11.3 Å². The van der Waals surface area contributed by atoms with E-state index in [-0.39, 0.29) is 18.2 Å². The highest BCUT2D eigenvalue weighted by Crippen LogP contribution is 2.07. The molecule has 2 rings (SSSR count). The summed E-state index contributed by atoms with van der Waals surface area (Å²) >= 11 is 0. The lowest BCUT2D eigenvalue weighted by atomic mass is 10.4. The minimum atomic E-state index is -0.211. The van der Waals surface area contributed by atoms with Gasteiger partial charge in [0.05, 0.1) is 6.54 Å². The highest BCUT2D eigenvalue weighted by atomic mass is 16.5. The van der Waals surface area contributed by atoms with Crippen molar-refractivity contribution in [2.24, 2.45) is 0 Å². The van der Waals surface area contributed by atoms with Crippen molar-refractivity contribution in [1.82, 2.24) is 19.9 Å². The molecule has 8 nitrogen and oxygen atoms in total. The molecule has 1 N–H and O–H groups in total. The van der Waals surface area contributed by atoms with Crippen molar-refractivity contribution in [3.63, 3.8) is 0 Å². The molecule has 0 bridgehead atoms. The van der Waals surface area contributed by atoms with E-state index in [2.05, 4.69) is 20.6 Å². The second-order valence-corrected chi connectivity index (χ2v) is 3.56. The van der Waals surface area contributed by atoms with Gasteiger partial charge in [-0.2, -0.15) is 5.26 Å². The average molecular weight is 246 g/mol. The quantitative estimate of drug-likeness (QED) is 0.839. The summed E-state index contributed by atoms with van der Waals surface area (Å²) in [5, 5.41) is 18.6. The average Bonchev–Trinajstić information content (AvgIpc) is 2.95. The number of nitrogens with one attached hydrogen (secondary N) is 1. The molecule has 0 aliphatic rings. The summed E-state index contributed by atoms with van der Waals surface area (Å²) in [6.45, 7) is 2.08. The molecule has 2 aromatic heterocycles. The fourth-order valence-corrected chi connectivity index (χ4v) is 1.30. The fraction of sp³-hybridized carbons (Fsp3) is 0.300. The molecule has 8 heteroatoms. The highest BCUT2D eigenvalue weighted by Gasteiger charge is 2.07. The maximum Gasteiger partial charge on any atom is 0.252 e. The molecular formula is C10H10N6O2. The summed E-state index contributed by atoms with van der Waals surface area (Å²) in [5.74, 6) is 0.883. The first kappa shape index (κ1) is 11.8. The SMILES string of the molecule is Cc1cc(NC(=O)CCn2cnc(C#N)n2)no1. The normalized spacial score (nSPS) is 10.0. The molecule has 0 fully saturated rings. The van der Waals surface area contributed by atoms with E-state index in [1.54, 1.807) is 13.0 Å². The predicted molar refractivity (Wildman–Crippen MR) is 59.2 cm³/mol. The molecule has 2 heterocycles. The first-order valence-electron chi connectivity index (χ1n) is 5.20. The van der Waals surface area contributed by atoms with Gasteiger partial charge in [0.2, 0.25) is 5.91 Å². The molecule has 2 aromatic rings. The minimum absolute atomic E-state index is 0.0857. The van der Waals surface area contributed by atoms with Crippen molar-refractivity contribution in [3.8, 4) is 6.07 Å². The summed E-state index contributed by atoms with van der Waals surface area (Å²) in [6, 6.07) is 3.44. The molecule has 0 radical (unpaired) electrons. The standard InChI is InChI=1S/C10H10N6O2/c1-7-4-8(15-18-7)13-10(17)2-3-16-6-12-9(5-11)14-16/h4,6H,2-3H2,1H3,(H,13,15,17). The van der Waals surface area contributed by atoms with Crippen molar-refractivity contribution in [3.05, 3.63) is 24.0 Å². The number of anilines is 1. The van der Waals surface area contributed by atoms with Gasteiger partial charge in [-0.25, -0.2) is 4.98 Å². The zero-order valence-electron chi connectivity index (χ0n) is 9.62. The van der Waals surface area contributed by atoms with Gasteiger partial charge >= 0.3 is 0 Å². The number of carbonyl (C=O) groups excluding carboxylic acids is 1. The number of carbonyl (C=O) groups is 1. The van der Waals surface area contributed by atoms with E-state index in [4.69, 9.17) is 9.78 Å². The van der Waals surface area contributed by atoms with Crippen LogP contribution in [0.4, 0.5) is 5.82 Å². The van der Waals surface area contributed by atoms with E-state index < -0.39 is 0 Å². The van der Waals surface area contributed by atoms with Gasteiger partial charge in [-0.05, 0) is 6.92 Å². The van der Waals surface area contributed by atoms with Crippen LogP contribution in [-0.4, -0.2) is 25.8 Å². The van der Waals surface area contributed by atoms with Crippen LogP contribution < -0.4 is 5.32 Å². The Balaban J connectivity index is 1.83. The van der Waals surface area contributed by atoms with Crippen molar-refractivity contribution in [2.45, 2.75) is 19.9 Å². The molecule has 0 aliphatic heterocycles. The number of amides is 1. The van der Waals surface area contributed by atoms with Crippen molar-refractivity contribution in [1.29, 1.82) is 5.26 Å². The van der Waals surface area contributed by atoms with Crippen LogP contribution in [0, 0.1) is 18.3 Å². The zero-order valence-corrected chi connectivity index (χ0v) is 9.62. The van der Waals surface area contributed by atoms with Gasteiger partial charge in [0.25, 0.3) is 5.82 Å². The Labute approximate surface area is 102 Å². The molecule has 0 unspecified atom stereocenters. The van der Waals surface area contributed by atoms with Gasteiger partial charge in [0.15, 0.2) is 5.82 Å². The van der Waals surface area contributed by atoms with Crippen LogP contribution in [0.2, 0.25) is 0 Å².